The minimum Gasteiger partial charge on any atom is -0.341 e. The van der Waals surface area contributed by atoms with Crippen molar-refractivity contribution in [1.82, 2.24) is 9.62 Å². The molecule has 1 fully saturated rings. The fraction of sp³-hybridized carbons (Fsp3) is 0.643. The number of amides is 1. The summed E-state index contributed by atoms with van der Waals surface area (Å²) >= 11 is 1.25. The van der Waals surface area contributed by atoms with E-state index in [-0.39, 0.29) is 16.7 Å². The molecule has 2 heterocycles. The molecule has 0 saturated carbocycles. The minimum atomic E-state index is -3.58. The molecule has 1 amide bonds. The van der Waals surface area contributed by atoms with Crippen LogP contribution in [0, 0.1) is 5.92 Å². The molecule has 0 radical (unpaired) electrons. The Morgan fingerprint density at radius 1 is 1.48 bits per heavy atom. The van der Waals surface area contributed by atoms with Crippen molar-refractivity contribution in [3.05, 3.63) is 17.0 Å². The Kier molecular flexibility index (Phi) is 5.40. The predicted octanol–water partition coefficient (Wildman–Crippen LogP) is 1.85. The van der Waals surface area contributed by atoms with Crippen molar-refractivity contribution in [2.24, 2.45) is 5.92 Å². The van der Waals surface area contributed by atoms with Crippen molar-refractivity contribution in [3.63, 3.8) is 0 Å². The number of carbonyl (C=O) groups is 1. The Labute approximate surface area is 130 Å². The van der Waals surface area contributed by atoms with Crippen molar-refractivity contribution in [1.29, 1.82) is 0 Å². The molecule has 1 aliphatic heterocycles. The van der Waals surface area contributed by atoms with Crippen LogP contribution in [0.5, 0.6) is 0 Å². The highest BCUT2D eigenvalue weighted by Gasteiger charge is 2.23. The normalized spacial score (nSPS) is 19.7. The number of carbonyl (C=O) groups excluding carboxylic acids is 1. The summed E-state index contributed by atoms with van der Waals surface area (Å²) < 4.78 is 27.0. The van der Waals surface area contributed by atoms with Gasteiger partial charge in [0.05, 0.1) is 6.54 Å². The lowest BCUT2D eigenvalue weighted by Crippen LogP contribution is -2.44. The van der Waals surface area contributed by atoms with Crippen LogP contribution in [0.4, 0.5) is 0 Å². The first-order chi connectivity index (χ1) is 9.92. The van der Waals surface area contributed by atoms with Crippen LogP contribution in [-0.4, -0.2) is 38.9 Å². The zero-order chi connectivity index (χ0) is 15.5. The highest BCUT2D eigenvalue weighted by molar-refractivity contribution is 7.91. The number of hydrogen-bond donors (Lipinski definition) is 1. The van der Waals surface area contributed by atoms with Gasteiger partial charge in [0.15, 0.2) is 0 Å². The van der Waals surface area contributed by atoms with Gasteiger partial charge in [0.25, 0.3) is 10.0 Å². The van der Waals surface area contributed by atoms with E-state index in [4.69, 9.17) is 0 Å². The number of likely N-dealkylation sites (tertiary alicyclic amines) is 1. The second-order valence-corrected chi connectivity index (χ2v) is 8.65. The molecule has 0 spiro atoms. The van der Waals surface area contributed by atoms with E-state index < -0.39 is 10.0 Å². The Balaban J connectivity index is 1.93. The molecule has 1 unspecified atom stereocenters. The van der Waals surface area contributed by atoms with Gasteiger partial charge >= 0.3 is 0 Å². The molecule has 1 aromatic rings. The number of nitrogens with one attached hydrogen (secondary N) is 1. The molecule has 1 aliphatic rings. The van der Waals surface area contributed by atoms with Crippen molar-refractivity contribution >= 4 is 27.3 Å². The van der Waals surface area contributed by atoms with E-state index in [0.717, 1.165) is 37.2 Å². The Hall–Kier alpha value is -0.920. The van der Waals surface area contributed by atoms with Crippen LogP contribution < -0.4 is 4.72 Å². The number of hydrogen-bond acceptors (Lipinski definition) is 4. The van der Waals surface area contributed by atoms with Gasteiger partial charge in [-0.3, -0.25) is 4.79 Å². The fourth-order valence-electron chi connectivity index (χ4n) is 2.45. The lowest BCUT2D eigenvalue weighted by Gasteiger charge is -2.30. The van der Waals surface area contributed by atoms with Gasteiger partial charge in [-0.05, 0) is 37.3 Å². The molecule has 0 bridgehead atoms. The van der Waals surface area contributed by atoms with Crippen LogP contribution in [0.3, 0.4) is 0 Å². The fourth-order valence-corrected chi connectivity index (χ4v) is 4.76. The third-order valence-corrected chi connectivity index (χ3v) is 6.80. The summed E-state index contributed by atoms with van der Waals surface area (Å²) in [6.07, 6.45) is 2.93. The number of rotatable bonds is 5. The molecule has 2 rings (SSSR count). The zero-order valence-corrected chi connectivity index (χ0v) is 14.1. The Bertz CT molecular complexity index is 595. The molecule has 118 valence electrons. The summed E-state index contributed by atoms with van der Waals surface area (Å²) in [5, 5.41) is 0. The van der Waals surface area contributed by atoms with Crippen molar-refractivity contribution in [3.8, 4) is 0 Å². The lowest BCUT2D eigenvalue weighted by atomic mass is 10.0. The van der Waals surface area contributed by atoms with Gasteiger partial charge in [0, 0.05) is 18.0 Å². The van der Waals surface area contributed by atoms with E-state index in [1.807, 2.05) is 13.0 Å². The molecule has 1 saturated heterocycles. The van der Waals surface area contributed by atoms with Gasteiger partial charge in [0.2, 0.25) is 5.91 Å². The largest absolute Gasteiger partial charge is 0.341 e. The lowest BCUT2D eigenvalue weighted by molar-refractivity contribution is -0.131. The number of piperidine rings is 1. The van der Waals surface area contributed by atoms with Gasteiger partial charge in [0.1, 0.15) is 4.21 Å². The first kappa shape index (κ1) is 16.5. The van der Waals surface area contributed by atoms with E-state index in [9.17, 15) is 13.2 Å². The third kappa shape index (κ3) is 4.28. The van der Waals surface area contributed by atoms with Gasteiger partial charge in [-0.15, -0.1) is 11.3 Å². The number of sulfonamides is 1. The first-order valence-corrected chi connectivity index (χ1v) is 9.58. The zero-order valence-electron chi connectivity index (χ0n) is 12.5. The third-order valence-electron chi connectivity index (χ3n) is 3.67. The van der Waals surface area contributed by atoms with Crippen LogP contribution in [0.25, 0.3) is 0 Å². The van der Waals surface area contributed by atoms with Crippen molar-refractivity contribution < 1.29 is 13.2 Å². The standard InChI is InChI=1S/C14H22N2O3S2/c1-3-12-6-7-14(20-12)21(18,19)15-9-13(17)16-8-4-5-11(2)10-16/h6-7,11,15H,3-5,8-10H2,1-2H3. The second kappa shape index (κ2) is 6.89. The van der Waals surface area contributed by atoms with Crippen LogP contribution in [0.1, 0.15) is 31.6 Å². The molecule has 1 N–H and O–H groups in total. The highest BCUT2D eigenvalue weighted by atomic mass is 32.2. The van der Waals surface area contributed by atoms with Crippen molar-refractivity contribution in [2.75, 3.05) is 19.6 Å². The summed E-state index contributed by atoms with van der Waals surface area (Å²) in [4.78, 5) is 14.9. The molecule has 1 aromatic heterocycles. The summed E-state index contributed by atoms with van der Waals surface area (Å²) in [6, 6.07) is 3.41. The minimum absolute atomic E-state index is 0.141. The number of aryl methyl sites for hydroxylation is 1. The molecule has 0 aromatic carbocycles. The average molecular weight is 330 g/mol. The Morgan fingerprint density at radius 3 is 2.86 bits per heavy atom. The van der Waals surface area contributed by atoms with E-state index in [1.54, 1.807) is 11.0 Å². The molecular formula is C14H22N2O3S2. The number of thiophene rings is 1. The summed E-state index contributed by atoms with van der Waals surface area (Å²) in [5.41, 5.74) is 0. The monoisotopic (exact) mass is 330 g/mol. The Morgan fingerprint density at radius 2 is 2.24 bits per heavy atom. The van der Waals surface area contributed by atoms with Crippen molar-refractivity contribution in [2.45, 2.75) is 37.3 Å². The maximum absolute atomic E-state index is 12.1. The molecule has 0 aliphatic carbocycles. The smallest absolute Gasteiger partial charge is 0.250 e. The van der Waals surface area contributed by atoms with Gasteiger partial charge in [-0.2, -0.15) is 0 Å². The SMILES string of the molecule is CCc1ccc(S(=O)(=O)NCC(=O)N2CCCC(C)C2)s1. The van der Waals surface area contributed by atoms with Crippen LogP contribution in [0.15, 0.2) is 16.3 Å². The van der Waals surface area contributed by atoms with E-state index in [0.29, 0.717) is 5.92 Å². The molecule has 7 heteroatoms. The number of nitrogens with zero attached hydrogens (tertiary/aromatic N) is 1. The summed E-state index contributed by atoms with van der Waals surface area (Å²) in [5.74, 6) is 0.348. The highest BCUT2D eigenvalue weighted by Crippen LogP contribution is 2.21. The van der Waals surface area contributed by atoms with Gasteiger partial charge in [-0.25, -0.2) is 13.1 Å². The maximum Gasteiger partial charge on any atom is 0.250 e. The molecule has 21 heavy (non-hydrogen) atoms. The molecular weight excluding hydrogens is 308 g/mol. The van der Waals surface area contributed by atoms with E-state index >= 15 is 0 Å². The summed E-state index contributed by atoms with van der Waals surface area (Å²) in [6.45, 7) is 5.39. The maximum atomic E-state index is 12.1. The van der Waals surface area contributed by atoms with Crippen LogP contribution >= 0.6 is 11.3 Å². The van der Waals surface area contributed by atoms with Gasteiger partial charge < -0.3 is 4.90 Å². The quantitative estimate of drug-likeness (QED) is 0.896. The first-order valence-electron chi connectivity index (χ1n) is 7.28. The average Bonchev–Trinajstić information content (AvgIpc) is 2.94. The second-order valence-electron chi connectivity index (χ2n) is 5.49. The van der Waals surface area contributed by atoms with Crippen LogP contribution in [0.2, 0.25) is 0 Å². The predicted molar refractivity (Wildman–Crippen MR) is 83.9 cm³/mol. The van der Waals surface area contributed by atoms with E-state index in [1.165, 1.54) is 11.3 Å². The van der Waals surface area contributed by atoms with Gasteiger partial charge in [-0.1, -0.05) is 13.8 Å². The van der Waals surface area contributed by atoms with Crippen LogP contribution in [-0.2, 0) is 21.2 Å². The summed E-state index contributed by atoms with van der Waals surface area (Å²) in [7, 11) is -3.58. The molecule has 5 nitrogen and oxygen atoms in total. The topological polar surface area (TPSA) is 66.5 Å². The van der Waals surface area contributed by atoms with E-state index in [2.05, 4.69) is 11.6 Å². The molecule has 1 atom stereocenters.